The van der Waals surface area contributed by atoms with Gasteiger partial charge in [0, 0.05) is 12.8 Å². The molecule has 0 spiro atoms. The normalized spacial score (nSPS) is 11.9. The van der Waals surface area contributed by atoms with Crippen LogP contribution in [0.1, 0.15) is 72.6 Å². The lowest BCUT2D eigenvalue weighted by atomic mass is 9.67. The zero-order valence-corrected chi connectivity index (χ0v) is 11.8. The van der Waals surface area contributed by atoms with Gasteiger partial charge in [-0.2, -0.15) is 10.5 Å². The predicted octanol–water partition coefficient (Wildman–Crippen LogP) is 4.82. The Balaban J connectivity index is 4.74. The SMILES string of the molecule is CCCCCC(CC#N)(CC#N)CC(C)(C)C. The van der Waals surface area contributed by atoms with Crippen LogP contribution >= 0.6 is 0 Å². The Hall–Kier alpha value is -1.02. The highest BCUT2D eigenvalue weighted by Crippen LogP contribution is 2.43. The Morgan fingerprint density at radius 3 is 1.82 bits per heavy atom. The first-order valence-corrected chi connectivity index (χ1v) is 6.63. The van der Waals surface area contributed by atoms with Crippen molar-refractivity contribution in [3.05, 3.63) is 0 Å². The van der Waals surface area contributed by atoms with Crippen LogP contribution in [0.5, 0.6) is 0 Å². The zero-order chi connectivity index (χ0) is 13.4. The second-order valence-electron chi connectivity index (χ2n) is 6.36. The second-order valence-corrected chi connectivity index (χ2v) is 6.36. The summed E-state index contributed by atoms with van der Waals surface area (Å²) in [7, 11) is 0. The van der Waals surface area contributed by atoms with E-state index >= 15 is 0 Å². The van der Waals surface area contributed by atoms with Gasteiger partial charge in [0.1, 0.15) is 0 Å². The van der Waals surface area contributed by atoms with E-state index < -0.39 is 0 Å². The second kappa shape index (κ2) is 7.33. The van der Waals surface area contributed by atoms with E-state index in [4.69, 9.17) is 10.5 Å². The molecule has 0 atom stereocenters. The van der Waals surface area contributed by atoms with E-state index in [1.54, 1.807) is 0 Å². The molecule has 0 aromatic rings. The number of hydrogen-bond donors (Lipinski definition) is 0. The Morgan fingerprint density at radius 2 is 1.47 bits per heavy atom. The summed E-state index contributed by atoms with van der Waals surface area (Å²) in [6, 6.07) is 4.58. The molecule has 0 radical (unpaired) electrons. The molecule has 0 N–H and O–H groups in total. The van der Waals surface area contributed by atoms with Crippen LogP contribution in [0, 0.1) is 33.5 Å². The topological polar surface area (TPSA) is 47.6 Å². The van der Waals surface area contributed by atoms with Gasteiger partial charge in [-0.25, -0.2) is 0 Å². The van der Waals surface area contributed by atoms with Gasteiger partial charge in [-0.1, -0.05) is 47.0 Å². The molecular formula is C15H26N2. The molecule has 0 bridgehead atoms. The first-order valence-electron chi connectivity index (χ1n) is 6.63. The molecule has 0 amide bonds. The smallest absolute Gasteiger partial charge is 0.0627 e. The van der Waals surface area contributed by atoms with E-state index in [1.807, 2.05) is 0 Å². The maximum absolute atomic E-state index is 9.02. The summed E-state index contributed by atoms with van der Waals surface area (Å²) in [4.78, 5) is 0. The molecule has 0 rings (SSSR count). The Bertz CT molecular complexity index is 270. The maximum atomic E-state index is 9.02. The lowest BCUT2D eigenvalue weighted by Gasteiger charge is -2.35. The molecule has 0 aliphatic carbocycles. The van der Waals surface area contributed by atoms with E-state index in [1.165, 1.54) is 12.8 Å². The third-order valence-electron chi connectivity index (χ3n) is 3.12. The van der Waals surface area contributed by atoms with Crippen molar-refractivity contribution in [3.63, 3.8) is 0 Å². The van der Waals surface area contributed by atoms with Gasteiger partial charge in [0.05, 0.1) is 12.1 Å². The van der Waals surface area contributed by atoms with Crippen molar-refractivity contribution in [3.8, 4) is 12.1 Å². The highest BCUT2D eigenvalue weighted by atomic mass is 14.4. The maximum Gasteiger partial charge on any atom is 0.0627 e. The van der Waals surface area contributed by atoms with E-state index in [9.17, 15) is 0 Å². The van der Waals surface area contributed by atoms with Crippen LogP contribution in [-0.2, 0) is 0 Å². The Labute approximate surface area is 107 Å². The van der Waals surface area contributed by atoms with Crippen molar-refractivity contribution in [2.45, 2.75) is 72.6 Å². The largest absolute Gasteiger partial charge is 0.198 e. The lowest BCUT2D eigenvalue weighted by molar-refractivity contribution is 0.160. The number of hydrogen-bond acceptors (Lipinski definition) is 2. The third-order valence-corrected chi connectivity index (χ3v) is 3.12. The van der Waals surface area contributed by atoms with Crippen LogP contribution in [0.3, 0.4) is 0 Å². The molecular weight excluding hydrogens is 208 g/mol. The fourth-order valence-corrected chi connectivity index (χ4v) is 2.66. The molecule has 0 aromatic carbocycles. The molecule has 17 heavy (non-hydrogen) atoms. The first-order chi connectivity index (χ1) is 7.89. The van der Waals surface area contributed by atoms with Crippen LogP contribution in [-0.4, -0.2) is 0 Å². The summed E-state index contributed by atoms with van der Waals surface area (Å²) >= 11 is 0. The predicted molar refractivity (Wildman–Crippen MR) is 71.1 cm³/mol. The molecule has 0 saturated heterocycles. The van der Waals surface area contributed by atoms with Gasteiger partial charge in [0.2, 0.25) is 0 Å². The number of unbranched alkanes of at least 4 members (excludes halogenated alkanes) is 2. The molecule has 0 unspecified atom stereocenters. The average molecular weight is 234 g/mol. The summed E-state index contributed by atoms with van der Waals surface area (Å²) in [6.07, 6.45) is 6.52. The number of rotatable bonds is 7. The zero-order valence-electron chi connectivity index (χ0n) is 11.8. The Kier molecular flexibility index (Phi) is 6.89. The van der Waals surface area contributed by atoms with E-state index in [-0.39, 0.29) is 10.8 Å². The van der Waals surface area contributed by atoms with Gasteiger partial charge in [-0.05, 0) is 23.7 Å². The van der Waals surface area contributed by atoms with Gasteiger partial charge < -0.3 is 0 Å². The minimum Gasteiger partial charge on any atom is -0.198 e. The fourth-order valence-electron chi connectivity index (χ4n) is 2.66. The highest BCUT2D eigenvalue weighted by Gasteiger charge is 2.33. The lowest BCUT2D eigenvalue weighted by Crippen LogP contribution is -2.26. The van der Waals surface area contributed by atoms with Crippen molar-refractivity contribution in [2.24, 2.45) is 10.8 Å². The van der Waals surface area contributed by atoms with Gasteiger partial charge >= 0.3 is 0 Å². The number of nitriles is 2. The van der Waals surface area contributed by atoms with Crippen molar-refractivity contribution in [1.82, 2.24) is 0 Å². The molecule has 0 fully saturated rings. The van der Waals surface area contributed by atoms with E-state index in [2.05, 4.69) is 39.8 Å². The summed E-state index contributed by atoms with van der Waals surface area (Å²) < 4.78 is 0. The summed E-state index contributed by atoms with van der Waals surface area (Å²) in [5.74, 6) is 0. The molecule has 0 saturated carbocycles. The summed E-state index contributed by atoms with van der Waals surface area (Å²) in [5.41, 5.74) is 0.0941. The van der Waals surface area contributed by atoms with Crippen LogP contribution in [0.25, 0.3) is 0 Å². The van der Waals surface area contributed by atoms with Gasteiger partial charge in [0.25, 0.3) is 0 Å². The molecule has 2 nitrogen and oxygen atoms in total. The summed E-state index contributed by atoms with van der Waals surface area (Å²) in [6.45, 7) is 8.75. The van der Waals surface area contributed by atoms with Gasteiger partial charge in [0.15, 0.2) is 0 Å². The van der Waals surface area contributed by atoms with Crippen LogP contribution in [0.4, 0.5) is 0 Å². The van der Waals surface area contributed by atoms with E-state index in [0.717, 1.165) is 19.3 Å². The first kappa shape index (κ1) is 16.0. The van der Waals surface area contributed by atoms with Crippen molar-refractivity contribution in [2.75, 3.05) is 0 Å². The number of nitrogens with zero attached hydrogens (tertiary/aromatic N) is 2. The average Bonchev–Trinajstić information content (AvgIpc) is 2.16. The van der Waals surface area contributed by atoms with Crippen molar-refractivity contribution in [1.29, 1.82) is 10.5 Å². The van der Waals surface area contributed by atoms with Crippen molar-refractivity contribution >= 4 is 0 Å². The minimum absolute atomic E-state index is 0.0864. The molecule has 96 valence electrons. The molecule has 0 aliphatic rings. The molecule has 2 heteroatoms. The quantitative estimate of drug-likeness (QED) is 0.593. The Morgan fingerprint density at radius 1 is 0.941 bits per heavy atom. The monoisotopic (exact) mass is 234 g/mol. The summed E-state index contributed by atoms with van der Waals surface area (Å²) in [5, 5.41) is 18.0. The van der Waals surface area contributed by atoms with E-state index in [0.29, 0.717) is 12.8 Å². The minimum atomic E-state index is -0.0864. The third kappa shape index (κ3) is 7.01. The van der Waals surface area contributed by atoms with Gasteiger partial charge in [-0.15, -0.1) is 0 Å². The van der Waals surface area contributed by atoms with Crippen molar-refractivity contribution < 1.29 is 0 Å². The fraction of sp³-hybridized carbons (Fsp3) is 0.867. The van der Waals surface area contributed by atoms with Gasteiger partial charge in [-0.3, -0.25) is 0 Å². The molecule has 0 aromatic heterocycles. The highest BCUT2D eigenvalue weighted by molar-refractivity contribution is 4.96. The van der Waals surface area contributed by atoms with Crippen LogP contribution in [0.2, 0.25) is 0 Å². The van der Waals surface area contributed by atoms with Crippen LogP contribution in [0.15, 0.2) is 0 Å². The molecule has 0 aliphatic heterocycles. The molecule has 0 heterocycles. The van der Waals surface area contributed by atoms with Crippen LogP contribution < -0.4 is 0 Å². The standard InChI is InChI=1S/C15H26N2/c1-5-6-7-8-15(9-11-16,10-12-17)13-14(2,3)4/h5-10,13H2,1-4H3.